The van der Waals surface area contributed by atoms with Crippen LogP contribution in [0.5, 0.6) is 0 Å². The van der Waals surface area contributed by atoms with Crippen LogP contribution >= 0.6 is 61.2 Å². The normalized spacial score (nSPS) is 20.8. The van der Waals surface area contributed by atoms with Gasteiger partial charge < -0.3 is 19.3 Å². The number of ether oxygens (including phenoxy) is 2. The van der Waals surface area contributed by atoms with Gasteiger partial charge in [-0.05, 0) is 144 Å². The van der Waals surface area contributed by atoms with Crippen molar-refractivity contribution in [1.29, 1.82) is 10.5 Å². The van der Waals surface area contributed by atoms with E-state index in [0.29, 0.717) is 29.6 Å². The zero-order valence-electron chi connectivity index (χ0n) is 43.9. The van der Waals surface area contributed by atoms with E-state index in [9.17, 15) is 20.1 Å². The number of anilines is 2. The quantitative estimate of drug-likeness (QED) is 0.141. The molecule has 13 heteroatoms. The molecular weight excluding hydrogens is 1270 g/mol. The topological polar surface area (TPSA) is 113 Å². The Kier molecular flexibility index (Phi) is 17.1. The van der Waals surface area contributed by atoms with Gasteiger partial charge in [0, 0.05) is 146 Å². The number of morpholine rings is 2. The van der Waals surface area contributed by atoms with Crippen molar-refractivity contribution in [3.05, 3.63) is 139 Å². The van der Waals surface area contributed by atoms with Gasteiger partial charge >= 0.3 is 0 Å². The van der Waals surface area contributed by atoms with Crippen molar-refractivity contribution in [3.63, 3.8) is 0 Å². The minimum atomic E-state index is -0.307. The number of carbonyl (C=O) groups excluding carboxylic acids is 2. The maximum absolute atomic E-state index is 13.9. The second-order valence-electron chi connectivity index (χ2n) is 22.1. The highest BCUT2D eigenvalue weighted by atomic mass is 128. The average Bonchev–Trinajstić information content (AvgIpc) is 4.06. The van der Waals surface area contributed by atoms with E-state index < -0.39 is 0 Å². The van der Waals surface area contributed by atoms with Crippen LogP contribution in [0.2, 0.25) is 0 Å². The molecule has 0 N–H and O–H groups in total. The smallest absolute Gasteiger partial charge is 0.193 e. The van der Waals surface area contributed by atoms with Crippen LogP contribution in [0.3, 0.4) is 0 Å². The summed E-state index contributed by atoms with van der Waals surface area (Å²) < 4.78 is 11.1. The van der Waals surface area contributed by atoms with Crippen LogP contribution in [0.1, 0.15) is 137 Å². The van der Waals surface area contributed by atoms with Crippen molar-refractivity contribution < 1.29 is 19.1 Å². The highest BCUT2D eigenvalue weighted by Gasteiger charge is 2.45. The minimum Gasteiger partial charge on any atom is -0.379 e. The monoisotopic (exact) mass is 1340 g/mol. The summed E-state index contributed by atoms with van der Waals surface area (Å²) in [5.41, 5.74) is 17.2. The van der Waals surface area contributed by atoms with Gasteiger partial charge in [-0.2, -0.15) is 10.5 Å². The summed E-state index contributed by atoms with van der Waals surface area (Å²) in [6, 6.07) is 25.9. The number of ketones is 2. The maximum Gasteiger partial charge on any atom is 0.193 e. The first kappa shape index (κ1) is 55.6. The number of fused-ring (bicyclic) bond motifs is 6. The van der Waals surface area contributed by atoms with Crippen molar-refractivity contribution in [1.82, 2.24) is 9.80 Å². The molecule has 4 saturated heterocycles. The molecular formula is C62H67I3N6O4. The lowest BCUT2D eigenvalue weighted by Crippen LogP contribution is -2.49. The fraction of sp³-hybridized carbons (Fsp3) is 0.452. The number of hydrogen-bond acceptors (Lipinski definition) is 10. The Bertz CT molecular complexity index is 3110. The van der Waals surface area contributed by atoms with E-state index in [0.717, 1.165) is 177 Å². The van der Waals surface area contributed by atoms with E-state index in [4.69, 9.17) is 15.9 Å². The van der Waals surface area contributed by atoms with Gasteiger partial charge in [0.15, 0.2) is 11.6 Å². The highest BCUT2D eigenvalue weighted by molar-refractivity contribution is 15.0. The van der Waals surface area contributed by atoms with Crippen molar-refractivity contribution in [2.45, 2.75) is 102 Å². The van der Waals surface area contributed by atoms with E-state index >= 15 is 0 Å². The second-order valence-corrected chi connectivity index (χ2v) is 22.1. The summed E-state index contributed by atoms with van der Waals surface area (Å²) in [6.07, 6.45) is 12.9. The first-order valence-electron chi connectivity index (χ1n) is 26.6. The van der Waals surface area contributed by atoms with Gasteiger partial charge in [0.05, 0.1) is 55.4 Å². The number of Topliss-reactive ketones (excluding diaryl/α,β-unsaturated/α-hetero) is 2. The number of terminal acetylenes is 1. The third kappa shape index (κ3) is 10.2. The molecule has 0 atom stereocenters. The molecule has 0 unspecified atom stereocenters. The molecule has 0 amide bonds. The van der Waals surface area contributed by atoms with Gasteiger partial charge in [-0.25, -0.2) is 0 Å². The molecule has 4 aliphatic heterocycles. The summed E-state index contributed by atoms with van der Waals surface area (Å²) in [4.78, 5) is 37.9. The molecule has 4 aromatic carbocycles. The van der Waals surface area contributed by atoms with Crippen molar-refractivity contribution in [2.75, 3.05) is 88.6 Å². The molecule has 0 saturated carbocycles. The summed E-state index contributed by atoms with van der Waals surface area (Å²) >= 11 is 4.24. The van der Waals surface area contributed by atoms with E-state index in [1.807, 2.05) is 36.4 Å². The van der Waals surface area contributed by atoms with Crippen molar-refractivity contribution >= 4 is 95.3 Å². The summed E-state index contributed by atoms with van der Waals surface area (Å²) in [5.74, 6) is 3.09. The molecule has 10 nitrogen and oxygen atoms in total. The number of piperidine rings is 2. The van der Waals surface area contributed by atoms with Crippen LogP contribution in [0.4, 0.5) is 11.4 Å². The van der Waals surface area contributed by atoms with E-state index in [1.165, 1.54) is 29.7 Å². The lowest BCUT2D eigenvalue weighted by molar-refractivity contribution is 0.0115. The van der Waals surface area contributed by atoms with Gasteiger partial charge in [-0.3, -0.25) is 19.4 Å². The molecule has 0 spiro atoms. The molecule has 12 rings (SSSR count). The molecule has 75 heavy (non-hydrogen) atoms. The number of aryl methyl sites for hydroxylation is 1. The molecule has 4 heterocycles. The first-order chi connectivity index (χ1) is 35.8. The molecule has 0 radical (unpaired) electrons. The number of carbonyl (C=O) groups is 2. The second kappa shape index (κ2) is 23.1. The minimum absolute atomic E-state index is 0. The van der Waals surface area contributed by atoms with Gasteiger partial charge in [0.25, 0.3) is 0 Å². The molecule has 8 aliphatic rings. The average molecular weight is 1340 g/mol. The maximum atomic E-state index is 13.9. The third-order valence-corrected chi connectivity index (χ3v) is 17.8. The first-order valence-corrected chi connectivity index (χ1v) is 32.9. The standard InChI is InChI=1S/C31H35N3O2.C31H31N3O2.I2.HI/c2*1-4-21-16-25-26(18-28(21)34-9-7-23(8-10-34)33-11-13-36-14-12-33)31(2,3)27-17-22-15-20(19-32)5-6-24(22)29(27)30(25)35;1-2;/h5-6,15-16,18,23H,4,7-14,17H2,1-3H3;1,5-6,15-16,18,23H,7-14,17H2,2-3H3;;1H. The van der Waals surface area contributed by atoms with Crippen LogP contribution in [-0.2, 0) is 39.6 Å². The molecule has 4 aromatic rings. The molecule has 0 aromatic heterocycles. The zero-order valence-corrected chi connectivity index (χ0v) is 50.6. The number of rotatable bonds is 5. The fourth-order valence-corrected chi connectivity index (χ4v) is 13.6. The summed E-state index contributed by atoms with van der Waals surface area (Å²) in [5, 5.41) is 18.7. The van der Waals surface area contributed by atoms with E-state index in [1.54, 1.807) is 6.07 Å². The fourth-order valence-electron chi connectivity index (χ4n) is 13.6. The summed E-state index contributed by atoms with van der Waals surface area (Å²) in [6.45, 7) is 22.7. The van der Waals surface area contributed by atoms with Crippen LogP contribution in [-0.4, -0.2) is 112 Å². The van der Waals surface area contributed by atoms with E-state index in [-0.39, 0.29) is 46.4 Å². The molecule has 4 aliphatic carbocycles. The van der Waals surface area contributed by atoms with Gasteiger partial charge in [0.1, 0.15) is 0 Å². The Morgan fingerprint density at radius 2 is 1.01 bits per heavy atom. The Morgan fingerprint density at radius 1 is 0.600 bits per heavy atom. The predicted octanol–water partition coefficient (Wildman–Crippen LogP) is 11.6. The summed E-state index contributed by atoms with van der Waals surface area (Å²) in [7, 11) is 0. The zero-order chi connectivity index (χ0) is 52.1. The van der Waals surface area contributed by atoms with E-state index in [2.05, 4.69) is 128 Å². The van der Waals surface area contributed by atoms with Crippen LogP contribution in [0.25, 0.3) is 11.1 Å². The number of halogens is 3. The lowest BCUT2D eigenvalue weighted by atomic mass is 9.68. The number of benzene rings is 4. The Balaban J connectivity index is 0.000000176. The number of nitrogens with zero attached hydrogens (tertiary/aromatic N) is 6. The third-order valence-electron chi connectivity index (χ3n) is 17.8. The highest BCUT2D eigenvalue weighted by Crippen LogP contribution is 2.53. The lowest BCUT2D eigenvalue weighted by Gasteiger charge is -2.42. The SMILES string of the molecule is C#Cc1cc2c(cc1N1CCC(N3CCOCC3)CC1)C(C)(C)C1=C(C2=O)c2ccc(C#N)cc2C1.CCc1cc2c(cc1N1CCC(N3CCOCC3)CC1)C(C)(C)C1=C(C2=O)c2ccc(C#N)cc2C1.I.II. The molecule has 390 valence electrons. The van der Waals surface area contributed by atoms with Gasteiger partial charge in [0.2, 0.25) is 0 Å². The largest absolute Gasteiger partial charge is 0.379 e. The Labute approximate surface area is 484 Å². The van der Waals surface area contributed by atoms with Crippen molar-refractivity contribution in [3.8, 4) is 24.5 Å². The van der Waals surface area contributed by atoms with Crippen molar-refractivity contribution in [2.24, 2.45) is 0 Å². The van der Waals surface area contributed by atoms with Crippen LogP contribution in [0.15, 0.2) is 71.8 Å². The van der Waals surface area contributed by atoms with Crippen LogP contribution < -0.4 is 9.80 Å². The van der Waals surface area contributed by atoms with Crippen LogP contribution in [0, 0.1) is 35.0 Å². The number of allylic oxidation sites excluding steroid dienone is 4. The predicted molar refractivity (Wildman–Crippen MR) is 327 cm³/mol. The van der Waals surface area contributed by atoms with Gasteiger partial charge in [-0.15, -0.1) is 30.4 Å². The molecule has 0 bridgehead atoms. The van der Waals surface area contributed by atoms with Gasteiger partial charge in [-0.1, -0.05) is 52.7 Å². The Hall–Kier alpha value is -4.13. The Morgan fingerprint density at radius 3 is 1.43 bits per heavy atom. The number of nitriles is 2. The number of hydrogen-bond donors (Lipinski definition) is 0. The molecule has 4 fully saturated rings.